The summed E-state index contributed by atoms with van der Waals surface area (Å²) in [6.45, 7) is 0.898. The highest BCUT2D eigenvalue weighted by molar-refractivity contribution is 6.32. The summed E-state index contributed by atoms with van der Waals surface area (Å²) in [5, 5.41) is 11.6. The minimum absolute atomic E-state index is 0.0109. The minimum atomic E-state index is -0.625. The fourth-order valence-corrected chi connectivity index (χ4v) is 3.98. The van der Waals surface area contributed by atoms with Crippen molar-refractivity contribution < 1.29 is 14.5 Å². The third kappa shape index (κ3) is 3.19. The lowest BCUT2D eigenvalue weighted by molar-refractivity contribution is -0.384. The molecule has 1 saturated heterocycles. The SMILES string of the molecule is O=C1CC2(CCN(c3ncnc(Cl)c3[N+](=O)[O-])CC2)Oc2ccc(Cl)cc21. The van der Waals surface area contributed by atoms with Gasteiger partial charge >= 0.3 is 5.69 Å². The molecule has 2 aliphatic rings. The van der Waals surface area contributed by atoms with Crippen molar-refractivity contribution in [1.82, 2.24) is 9.97 Å². The minimum Gasteiger partial charge on any atom is -0.486 e. The van der Waals surface area contributed by atoms with Crippen LogP contribution >= 0.6 is 23.2 Å². The Labute approximate surface area is 164 Å². The highest BCUT2D eigenvalue weighted by Crippen LogP contribution is 2.42. The number of anilines is 1. The second kappa shape index (κ2) is 6.61. The van der Waals surface area contributed by atoms with E-state index < -0.39 is 10.5 Å². The van der Waals surface area contributed by atoms with Gasteiger partial charge in [-0.15, -0.1) is 0 Å². The lowest BCUT2D eigenvalue weighted by Crippen LogP contribution is -2.51. The third-order valence-corrected chi connectivity index (χ3v) is 5.48. The Morgan fingerprint density at radius 3 is 2.67 bits per heavy atom. The Balaban J connectivity index is 1.57. The number of hydrogen-bond acceptors (Lipinski definition) is 7. The number of rotatable bonds is 2. The third-order valence-electron chi connectivity index (χ3n) is 4.97. The molecule has 3 heterocycles. The number of halogens is 2. The van der Waals surface area contributed by atoms with Crippen LogP contribution in [0.5, 0.6) is 5.75 Å². The molecular weight excluding hydrogens is 395 g/mol. The molecular formula is C17H14Cl2N4O4. The molecule has 10 heteroatoms. The van der Waals surface area contributed by atoms with Crippen molar-refractivity contribution in [3.05, 3.63) is 50.4 Å². The van der Waals surface area contributed by atoms with E-state index >= 15 is 0 Å². The van der Waals surface area contributed by atoms with Crippen LogP contribution in [-0.4, -0.2) is 39.4 Å². The number of hydrogen-bond donors (Lipinski definition) is 0. The van der Waals surface area contributed by atoms with Crippen LogP contribution in [0, 0.1) is 10.1 Å². The molecule has 1 aromatic heterocycles. The zero-order valence-electron chi connectivity index (χ0n) is 14.0. The number of ketones is 1. The Kier molecular flexibility index (Phi) is 4.39. The average Bonchev–Trinajstić information content (AvgIpc) is 2.63. The van der Waals surface area contributed by atoms with Gasteiger partial charge in [-0.3, -0.25) is 14.9 Å². The number of carbonyl (C=O) groups is 1. The van der Waals surface area contributed by atoms with Crippen molar-refractivity contribution in [1.29, 1.82) is 0 Å². The highest BCUT2D eigenvalue weighted by Gasteiger charge is 2.44. The summed E-state index contributed by atoms with van der Waals surface area (Å²) in [7, 11) is 0. The summed E-state index contributed by atoms with van der Waals surface area (Å²) < 4.78 is 6.17. The van der Waals surface area contributed by atoms with Gasteiger partial charge < -0.3 is 9.64 Å². The number of nitrogens with zero attached hydrogens (tertiary/aromatic N) is 4. The van der Waals surface area contributed by atoms with Gasteiger partial charge in [0.15, 0.2) is 5.78 Å². The van der Waals surface area contributed by atoms with Gasteiger partial charge in [0.05, 0.1) is 16.9 Å². The first kappa shape index (κ1) is 17.9. The molecule has 1 aromatic carbocycles. The van der Waals surface area contributed by atoms with Crippen molar-refractivity contribution in [2.24, 2.45) is 0 Å². The fraction of sp³-hybridized carbons (Fsp3) is 0.353. The van der Waals surface area contributed by atoms with Crippen molar-refractivity contribution in [3.63, 3.8) is 0 Å². The van der Waals surface area contributed by atoms with Gasteiger partial charge in [-0.25, -0.2) is 9.97 Å². The fourth-order valence-electron chi connectivity index (χ4n) is 3.61. The van der Waals surface area contributed by atoms with Crippen LogP contribution in [0.15, 0.2) is 24.5 Å². The maximum atomic E-state index is 12.6. The molecule has 4 rings (SSSR count). The predicted molar refractivity (Wildman–Crippen MR) is 98.9 cm³/mol. The van der Waals surface area contributed by atoms with Crippen molar-refractivity contribution in [2.75, 3.05) is 18.0 Å². The van der Waals surface area contributed by atoms with Crippen LogP contribution in [0.2, 0.25) is 10.2 Å². The van der Waals surface area contributed by atoms with Gasteiger partial charge in [0.2, 0.25) is 11.0 Å². The van der Waals surface area contributed by atoms with E-state index in [1.807, 2.05) is 0 Å². The summed E-state index contributed by atoms with van der Waals surface area (Å²) in [6.07, 6.45) is 2.51. The second-order valence-electron chi connectivity index (χ2n) is 6.61. The molecule has 8 nitrogen and oxygen atoms in total. The van der Waals surface area contributed by atoms with Crippen LogP contribution in [0.1, 0.15) is 29.6 Å². The zero-order valence-corrected chi connectivity index (χ0v) is 15.5. The molecule has 140 valence electrons. The van der Waals surface area contributed by atoms with Crippen LogP contribution in [-0.2, 0) is 0 Å². The first-order valence-electron chi connectivity index (χ1n) is 8.30. The molecule has 0 N–H and O–H groups in total. The maximum absolute atomic E-state index is 12.6. The molecule has 0 unspecified atom stereocenters. The highest BCUT2D eigenvalue weighted by atomic mass is 35.5. The van der Waals surface area contributed by atoms with Gasteiger partial charge in [0.1, 0.15) is 17.7 Å². The largest absolute Gasteiger partial charge is 0.486 e. The Morgan fingerprint density at radius 2 is 1.96 bits per heavy atom. The molecule has 0 radical (unpaired) electrons. The second-order valence-corrected chi connectivity index (χ2v) is 7.40. The van der Waals surface area contributed by atoms with E-state index in [0.717, 1.165) is 0 Å². The number of fused-ring (bicyclic) bond motifs is 1. The standard InChI is InChI=1S/C17H14Cl2N4O4/c18-10-1-2-13-11(7-10)12(24)8-17(27-13)3-5-22(6-4-17)16-14(23(25)26)15(19)20-9-21-16/h1-2,7,9H,3-6,8H2. The smallest absolute Gasteiger partial charge is 0.348 e. The number of nitro groups is 1. The summed E-state index contributed by atoms with van der Waals surface area (Å²) in [6, 6.07) is 5.01. The van der Waals surface area contributed by atoms with E-state index in [1.165, 1.54) is 6.33 Å². The van der Waals surface area contributed by atoms with Crippen LogP contribution in [0.3, 0.4) is 0 Å². The first-order valence-corrected chi connectivity index (χ1v) is 9.06. The number of carbonyl (C=O) groups excluding carboxylic acids is 1. The van der Waals surface area contributed by atoms with E-state index in [9.17, 15) is 14.9 Å². The zero-order chi connectivity index (χ0) is 19.2. The topological polar surface area (TPSA) is 98.5 Å². The maximum Gasteiger partial charge on any atom is 0.348 e. The van der Waals surface area contributed by atoms with E-state index in [1.54, 1.807) is 23.1 Å². The summed E-state index contributed by atoms with van der Waals surface area (Å²) in [4.78, 5) is 32.8. The van der Waals surface area contributed by atoms with Gasteiger partial charge in [-0.05, 0) is 18.2 Å². The van der Waals surface area contributed by atoms with Gasteiger partial charge in [0.25, 0.3) is 0 Å². The number of aromatic nitrogens is 2. The molecule has 0 bridgehead atoms. The Morgan fingerprint density at radius 1 is 1.22 bits per heavy atom. The molecule has 2 aromatic rings. The normalized spacial score (nSPS) is 18.1. The van der Waals surface area contributed by atoms with Crippen molar-refractivity contribution in [3.8, 4) is 5.75 Å². The van der Waals surface area contributed by atoms with E-state index in [0.29, 0.717) is 42.3 Å². The molecule has 0 saturated carbocycles. The predicted octanol–water partition coefficient (Wildman–Crippen LogP) is 3.70. The molecule has 27 heavy (non-hydrogen) atoms. The number of ether oxygens (including phenoxy) is 1. The average molecular weight is 409 g/mol. The Hall–Kier alpha value is -2.45. The molecule has 1 spiro atoms. The van der Waals surface area contributed by atoms with Gasteiger partial charge in [-0.2, -0.15) is 0 Å². The van der Waals surface area contributed by atoms with E-state index in [2.05, 4.69) is 9.97 Å². The van der Waals surface area contributed by atoms with Gasteiger partial charge in [-0.1, -0.05) is 23.2 Å². The summed E-state index contributed by atoms with van der Waals surface area (Å²) >= 11 is 11.8. The molecule has 2 aliphatic heterocycles. The van der Waals surface area contributed by atoms with Crippen molar-refractivity contribution in [2.45, 2.75) is 24.9 Å². The molecule has 0 atom stereocenters. The number of piperidine rings is 1. The lowest BCUT2D eigenvalue weighted by atomic mass is 9.82. The summed E-state index contributed by atoms with van der Waals surface area (Å²) in [5.41, 5.74) is -0.440. The Bertz CT molecular complexity index is 945. The molecule has 0 aliphatic carbocycles. The van der Waals surface area contributed by atoms with Gasteiger partial charge in [0, 0.05) is 31.0 Å². The molecule has 1 fully saturated rings. The van der Waals surface area contributed by atoms with E-state index in [4.69, 9.17) is 27.9 Å². The molecule has 0 amide bonds. The first-order chi connectivity index (χ1) is 12.9. The van der Waals surface area contributed by atoms with Crippen LogP contribution < -0.4 is 9.64 Å². The number of benzene rings is 1. The number of Topliss-reactive ketones (excluding diaryl/α,β-unsaturated/α-hetero) is 1. The van der Waals surface area contributed by atoms with Crippen LogP contribution in [0.25, 0.3) is 0 Å². The van der Waals surface area contributed by atoms with E-state index in [-0.39, 0.29) is 28.9 Å². The quantitative estimate of drug-likeness (QED) is 0.424. The summed E-state index contributed by atoms with van der Waals surface area (Å²) in [5.74, 6) is 0.701. The van der Waals surface area contributed by atoms with Crippen LogP contribution in [0.4, 0.5) is 11.5 Å². The lowest BCUT2D eigenvalue weighted by Gasteiger charge is -2.44. The monoisotopic (exact) mass is 408 g/mol. The van der Waals surface area contributed by atoms with Crippen molar-refractivity contribution >= 4 is 40.5 Å².